The van der Waals surface area contributed by atoms with Crippen LogP contribution < -0.4 is 9.04 Å². The van der Waals surface area contributed by atoms with E-state index in [-0.39, 0.29) is 21.2 Å². The molecule has 0 fully saturated rings. The molecule has 0 spiro atoms. The molecule has 2 aromatic carbocycles. The molecular weight excluding hydrogens is 426 g/mol. The third-order valence-corrected chi connectivity index (χ3v) is 8.30. The molecule has 160 valence electrons. The highest BCUT2D eigenvalue weighted by Gasteiger charge is 2.32. The summed E-state index contributed by atoms with van der Waals surface area (Å²) in [6.07, 6.45) is 0. The fraction of sp³-hybridized carbons (Fsp3) is 0.250. The number of aromatic nitrogens is 2. The van der Waals surface area contributed by atoms with Crippen LogP contribution in [0.15, 0.2) is 64.4 Å². The highest BCUT2D eigenvalue weighted by molar-refractivity contribution is 7.93. The third kappa shape index (κ3) is 3.80. The molecule has 0 amide bonds. The van der Waals surface area contributed by atoms with E-state index in [2.05, 4.69) is 5.10 Å². The zero-order valence-electron chi connectivity index (χ0n) is 17.1. The first-order valence-electron chi connectivity index (χ1n) is 9.19. The van der Waals surface area contributed by atoms with Crippen molar-refractivity contribution in [3.8, 4) is 5.75 Å². The summed E-state index contributed by atoms with van der Waals surface area (Å²) in [5, 5.41) is 4.05. The van der Waals surface area contributed by atoms with E-state index in [1.807, 2.05) is 6.92 Å². The maximum atomic E-state index is 13.2. The minimum Gasteiger partial charge on any atom is -0.494 e. The Morgan fingerprint density at radius 1 is 0.967 bits per heavy atom. The molecule has 0 bridgehead atoms. The van der Waals surface area contributed by atoms with Crippen LogP contribution >= 0.6 is 0 Å². The molecule has 0 aliphatic heterocycles. The van der Waals surface area contributed by atoms with Gasteiger partial charge in [0.25, 0.3) is 20.0 Å². The number of hydrogen-bond acceptors (Lipinski definition) is 6. The van der Waals surface area contributed by atoms with Gasteiger partial charge in [-0.2, -0.15) is 17.6 Å². The minimum atomic E-state index is -4.09. The summed E-state index contributed by atoms with van der Waals surface area (Å²) < 4.78 is 59.9. The van der Waals surface area contributed by atoms with Gasteiger partial charge in [-0.1, -0.05) is 18.2 Å². The average Bonchev–Trinajstić information content (AvgIpc) is 3.04. The Bertz CT molecular complexity index is 1250. The summed E-state index contributed by atoms with van der Waals surface area (Å²) in [7, 11) is -6.69. The molecule has 0 aliphatic rings. The van der Waals surface area contributed by atoms with Crippen LogP contribution in [0.2, 0.25) is 0 Å². The number of sulfonamides is 1. The maximum Gasteiger partial charge on any atom is 0.283 e. The maximum absolute atomic E-state index is 13.2. The van der Waals surface area contributed by atoms with Crippen molar-refractivity contribution >= 4 is 25.7 Å². The molecule has 10 heteroatoms. The molecule has 8 nitrogen and oxygen atoms in total. The van der Waals surface area contributed by atoms with E-state index in [0.717, 1.165) is 8.39 Å². The van der Waals surface area contributed by atoms with Crippen LogP contribution in [0.25, 0.3) is 0 Å². The number of aryl methyl sites for hydroxylation is 1. The Kier molecular flexibility index (Phi) is 5.91. The van der Waals surface area contributed by atoms with Crippen LogP contribution in [0.5, 0.6) is 5.75 Å². The van der Waals surface area contributed by atoms with E-state index in [0.29, 0.717) is 18.0 Å². The summed E-state index contributed by atoms with van der Waals surface area (Å²) in [5.74, 6) is 0.539. The SMILES string of the molecule is CCOc1ccc(S(=O)(=O)n2nc(C)c(S(=O)(=O)N(C)c3ccccc3)c2C)cc1. The van der Waals surface area contributed by atoms with E-state index < -0.39 is 20.0 Å². The predicted molar refractivity (Wildman–Crippen MR) is 114 cm³/mol. The Hall–Kier alpha value is -2.85. The van der Waals surface area contributed by atoms with Crippen LogP contribution in [0.4, 0.5) is 5.69 Å². The highest BCUT2D eigenvalue weighted by Crippen LogP contribution is 2.29. The van der Waals surface area contributed by atoms with E-state index >= 15 is 0 Å². The molecule has 1 heterocycles. The van der Waals surface area contributed by atoms with Crippen LogP contribution in [0, 0.1) is 13.8 Å². The van der Waals surface area contributed by atoms with Gasteiger partial charge in [-0.05, 0) is 57.2 Å². The second-order valence-electron chi connectivity index (χ2n) is 6.56. The van der Waals surface area contributed by atoms with Crippen molar-refractivity contribution in [1.82, 2.24) is 9.19 Å². The molecule has 0 saturated carbocycles. The van der Waals surface area contributed by atoms with E-state index in [1.54, 1.807) is 42.5 Å². The number of nitrogens with zero attached hydrogens (tertiary/aromatic N) is 3. The standard InChI is InChI=1S/C20H23N3O5S2/c1-5-28-18-11-13-19(14-12-18)29(24,25)23-16(3)20(15(2)21-23)30(26,27)22(4)17-9-7-6-8-10-17/h6-14H,5H2,1-4H3. The van der Waals surface area contributed by atoms with Gasteiger partial charge < -0.3 is 4.74 Å². The van der Waals surface area contributed by atoms with Gasteiger partial charge in [0.15, 0.2) is 0 Å². The average molecular weight is 450 g/mol. The summed E-state index contributed by atoms with van der Waals surface area (Å²) in [6.45, 7) is 5.19. The summed E-state index contributed by atoms with van der Waals surface area (Å²) in [6, 6.07) is 14.4. The molecule has 30 heavy (non-hydrogen) atoms. The van der Waals surface area contributed by atoms with Gasteiger partial charge in [0.05, 0.1) is 28.6 Å². The molecule has 3 aromatic rings. The molecular formula is C20H23N3O5S2. The lowest BCUT2D eigenvalue weighted by Gasteiger charge is -2.19. The molecule has 0 unspecified atom stereocenters. The van der Waals surface area contributed by atoms with Crippen LogP contribution in [-0.4, -0.2) is 39.7 Å². The normalized spacial score (nSPS) is 12.0. The lowest BCUT2D eigenvalue weighted by molar-refractivity contribution is 0.340. The smallest absolute Gasteiger partial charge is 0.283 e. The van der Waals surface area contributed by atoms with Crippen LogP contribution in [0.3, 0.4) is 0 Å². The van der Waals surface area contributed by atoms with Gasteiger partial charge in [0, 0.05) is 7.05 Å². The lowest BCUT2D eigenvalue weighted by Crippen LogP contribution is -2.27. The van der Waals surface area contributed by atoms with Gasteiger partial charge in [-0.3, -0.25) is 4.31 Å². The van der Waals surface area contributed by atoms with Crippen molar-refractivity contribution in [1.29, 1.82) is 0 Å². The van der Waals surface area contributed by atoms with Crippen molar-refractivity contribution in [2.45, 2.75) is 30.6 Å². The molecule has 0 radical (unpaired) electrons. The van der Waals surface area contributed by atoms with Gasteiger partial charge in [-0.15, -0.1) is 0 Å². The highest BCUT2D eigenvalue weighted by atomic mass is 32.2. The number of anilines is 1. The van der Waals surface area contributed by atoms with Gasteiger partial charge >= 0.3 is 0 Å². The lowest BCUT2D eigenvalue weighted by atomic mass is 10.3. The third-order valence-electron chi connectivity index (χ3n) is 4.58. The van der Waals surface area contributed by atoms with Gasteiger partial charge in [0.1, 0.15) is 10.6 Å². The van der Waals surface area contributed by atoms with E-state index in [4.69, 9.17) is 4.74 Å². The minimum absolute atomic E-state index is 0.0167. The number of para-hydroxylation sites is 1. The second-order valence-corrected chi connectivity index (χ2v) is 10.2. The fourth-order valence-corrected chi connectivity index (χ4v) is 6.07. The Labute approximate surface area is 176 Å². The summed E-state index contributed by atoms with van der Waals surface area (Å²) in [4.78, 5) is -0.153. The zero-order valence-corrected chi connectivity index (χ0v) is 18.7. The molecule has 1 aromatic heterocycles. The first kappa shape index (κ1) is 21.8. The van der Waals surface area contributed by atoms with Crippen molar-refractivity contribution in [3.05, 3.63) is 66.0 Å². The van der Waals surface area contributed by atoms with Crippen LogP contribution in [0.1, 0.15) is 18.3 Å². The number of hydrogen-bond donors (Lipinski definition) is 0. The predicted octanol–water partition coefficient (Wildman–Crippen LogP) is 2.96. The van der Waals surface area contributed by atoms with E-state index in [1.165, 1.54) is 33.0 Å². The Balaban J connectivity index is 2.07. The quantitative estimate of drug-likeness (QED) is 0.550. The molecule has 3 rings (SSSR count). The monoisotopic (exact) mass is 449 g/mol. The number of rotatable bonds is 7. The summed E-state index contributed by atoms with van der Waals surface area (Å²) in [5.41, 5.74) is 0.576. The Morgan fingerprint density at radius 3 is 2.13 bits per heavy atom. The Morgan fingerprint density at radius 2 is 1.57 bits per heavy atom. The molecule has 0 aliphatic carbocycles. The molecule has 0 atom stereocenters. The summed E-state index contributed by atoms with van der Waals surface area (Å²) >= 11 is 0. The number of benzene rings is 2. The van der Waals surface area contributed by atoms with Gasteiger partial charge in [-0.25, -0.2) is 8.42 Å². The largest absolute Gasteiger partial charge is 0.494 e. The van der Waals surface area contributed by atoms with E-state index in [9.17, 15) is 16.8 Å². The topological polar surface area (TPSA) is 98.6 Å². The van der Waals surface area contributed by atoms with Crippen LogP contribution in [-0.2, 0) is 20.0 Å². The van der Waals surface area contributed by atoms with Crippen molar-refractivity contribution < 1.29 is 21.6 Å². The molecule has 0 saturated heterocycles. The number of ether oxygens (including phenoxy) is 1. The van der Waals surface area contributed by atoms with Crippen molar-refractivity contribution in [2.75, 3.05) is 18.0 Å². The zero-order chi connectivity index (χ0) is 22.1. The van der Waals surface area contributed by atoms with Gasteiger partial charge in [0.2, 0.25) is 0 Å². The van der Waals surface area contributed by atoms with Crippen molar-refractivity contribution in [2.24, 2.45) is 0 Å². The fourth-order valence-electron chi connectivity index (χ4n) is 3.10. The second kappa shape index (κ2) is 8.11. The molecule has 0 N–H and O–H groups in total. The first-order valence-corrected chi connectivity index (χ1v) is 12.1. The first-order chi connectivity index (χ1) is 14.1. The van der Waals surface area contributed by atoms with Crippen molar-refractivity contribution in [3.63, 3.8) is 0 Å².